The molecule has 1 rings (SSSR count). The van der Waals surface area contributed by atoms with Crippen molar-refractivity contribution in [1.29, 1.82) is 5.26 Å². The van der Waals surface area contributed by atoms with Crippen molar-refractivity contribution < 1.29 is 14.6 Å². The highest BCUT2D eigenvalue weighted by Crippen LogP contribution is 2.15. The summed E-state index contributed by atoms with van der Waals surface area (Å²) in [4.78, 5) is 10.8. The molecular formula is C18H23NO3. The number of nitriles is 1. The van der Waals surface area contributed by atoms with Crippen LogP contribution in [0, 0.1) is 11.3 Å². The summed E-state index contributed by atoms with van der Waals surface area (Å²) in [6, 6.07) is 8.73. The van der Waals surface area contributed by atoms with Gasteiger partial charge in [0.05, 0.1) is 6.61 Å². The number of carbonyl (C=O) groups is 1. The van der Waals surface area contributed by atoms with E-state index < -0.39 is 5.97 Å². The van der Waals surface area contributed by atoms with Gasteiger partial charge in [0.15, 0.2) is 0 Å². The molecule has 0 aliphatic rings. The van der Waals surface area contributed by atoms with Crippen molar-refractivity contribution in [2.75, 3.05) is 6.61 Å². The van der Waals surface area contributed by atoms with E-state index in [1.165, 1.54) is 38.2 Å². The van der Waals surface area contributed by atoms with Gasteiger partial charge in [-0.05, 0) is 30.2 Å². The quantitative estimate of drug-likeness (QED) is 0.394. The SMILES string of the molecule is CCCCCCCCOc1ccc(/C=C(\C#N)C(=O)O)cc1. The summed E-state index contributed by atoms with van der Waals surface area (Å²) in [6.07, 6.45) is 8.69. The smallest absolute Gasteiger partial charge is 0.346 e. The normalized spacial score (nSPS) is 11.0. The van der Waals surface area contributed by atoms with E-state index in [1.54, 1.807) is 30.3 Å². The maximum Gasteiger partial charge on any atom is 0.346 e. The second kappa shape index (κ2) is 10.4. The number of nitrogens with zero attached hydrogens (tertiary/aromatic N) is 1. The highest BCUT2D eigenvalue weighted by atomic mass is 16.5. The third-order valence-electron chi connectivity index (χ3n) is 3.31. The van der Waals surface area contributed by atoms with Crippen LogP contribution in [0.3, 0.4) is 0 Å². The Balaban J connectivity index is 2.36. The van der Waals surface area contributed by atoms with Crippen LogP contribution < -0.4 is 4.74 Å². The van der Waals surface area contributed by atoms with Gasteiger partial charge in [0.1, 0.15) is 17.4 Å². The molecular weight excluding hydrogens is 278 g/mol. The van der Waals surface area contributed by atoms with Gasteiger partial charge in [-0.25, -0.2) is 4.79 Å². The van der Waals surface area contributed by atoms with Crippen molar-refractivity contribution in [2.24, 2.45) is 0 Å². The van der Waals surface area contributed by atoms with Crippen LogP contribution in [0.15, 0.2) is 29.8 Å². The molecule has 0 saturated carbocycles. The molecule has 4 heteroatoms. The van der Waals surface area contributed by atoms with Gasteiger partial charge < -0.3 is 9.84 Å². The van der Waals surface area contributed by atoms with E-state index in [4.69, 9.17) is 15.1 Å². The van der Waals surface area contributed by atoms with E-state index in [2.05, 4.69) is 6.92 Å². The topological polar surface area (TPSA) is 70.3 Å². The van der Waals surface area contributed by atoms with Gasteiger partial charge in [0, 0.05) is 0 Å². The molecule has 0 aliphatic heterocycles. The molecule has 0 radical (unpaired) electrons. The molecule has 0 spiro atoms. The molecule has 22 heavy (non-hydrogen) atoms. The van der Waals surface area contributed by atoms with Crippen LogP contribution >= 0.6 is 0 Å². The summed E-state index contributed by atoms with van der Waals surface area (Å²) in [5, 5.41) is 17.5. The molecule has 0 atom stereocenters. The first-order valence-corrected chi connectivity index (χ1v) is 7.75. The third kappa shape index (κ3) is 6.94. The molecule has 0 saturated heterocycles. The molecule has 1 N–H and O–H groups in total. The molecule has 1 aromatic carbocycles. The number of aliphatic carboxylic acids is 1. The first-order chi connectivity index (χ1) is 10.7. The van der Waals surface area contributed by atoms with Crippen molar-refractivity contribution in [2.45, 2.75) is 45.4 Å². The fourth-order valence-electron chi connectivity index (χ4n) is 2.04. The fourth-order valence-corrected chi connectivity index (χ4v) is 2.04. The molecule has 0 amide bonds. The van der Waals surface area contributed by atoms with Crippen molar-refractivity contribution in [1.82, 2.24) is 0 Å². The van der Waals surface area contributed by atoms with Crippen LogP contribution in [0.4, 0.5) is 0 Å². The lowest BCUT2D eigenvalue weighted by Crippen LogP contribution is -1.98. The van der Waals surface area contributed by atoms with E-state index >= 15 is 0 Å². The maximum absolute atomic E-state index is 10.8. The summed E-state index contributed by atoms with van der Waals surface area (Å²) >= 11 is 0. The number of ether oxygens (including phenoxy) is 1. The first kappa shape index (κ1) is 17.8. The minimum absolute atomic E-state index is 0.277. The first-order valence-electron chi connectivity index (χ1n) is 7.75. The van der Waals surface area contributed by atoms with Crippen LogP contribution in [0.25, 0.3) is 6.08 Å². The van der Waals surface area contributed by atoms with Crippen LogP contribution in [0.2, 0.25) is 0 Å². The molecule has 0 aromatic heterocycles. The van der Waals surface area contributed by atoms with Gasteiger partial charge in [-0.1, -0.05) is 51.2 Å². The summed E-state index contributed by atoms with van der Waals surface area (Å²) in [5.74, 6) is -0.453. The molecule has 4 nitrogen and oxygen atoms in total. The lowest BCUT2D eigenvalue weighted by Gasteiger charge is -2.06. The van der Waals surface area contributed by atoms with Crippen LogP contribution in [0.1, 0.15) is 51.0 Å². The number of carboxylic acids is 1. The predicted octanol–water partition coefficient (Wildman–Crippen LogP) is 4.42. The molecule has 1 aromatic rings. The number of hydrogen-bond acceptors (Lipinski definition) is 3. The Morgan fingerprint density at radius 2 is 1.82 bits per heavy atom. The molecule has 0 bridgehead atoms. The van der Waals surface area contributed by atoms with Gasteiger partial charge in [0.25, 0.3) is 0 Å². The zero-order valence-corrected chi connectivity index (χ0v) is 13.0. The highest BCUT2D eigenvalue weighted by molar-refractivity contribution is 5.96. The Hall–Kier alpha value is -2.28. The summed E-state index contributed by atoms with van der Waals surface area (Å²) < 4.78 is 5.64. The molecule has 0 fully saturated rings. The number of carboxylic acid groups (broad SMARTS) is 1. The van der Waals surface area contributed by atoms with Gasteiger partial charge in [-0.3, -0.25) is 0 Å². The maximum atomic E-state index is 10.8. The van der Waals surface area contributed by atoms with Gasteiger partial charge in [-0.2, -0.15) is 5.26 Å². The molecule has 0 heterocycles. The average Bonchev–Trinajstić information content (AvgIpc) is 2.52. The Bertz CT molecular complexity index is 526. The number of rotatable bonds is 10. The fraction of sp³-hybridized carbons (Fsp3) is 0.444. The predicted molar refractivity (Wildman–Crippen MR) is 86.5 cm³/mol. The van der Waals surface area contributed by atoms with Crippen molar-refractivity contribution in [3.63, 3.8) is 0 Å². The van der Waals surface area contributed by atoms with E-state index in [0.717, 1.165) is 12.2 Å². The van der Waals surface area contributed by atoms with Gasteiger partial charge in [0.2, 0.25) is 0 Å². The van der Waals surface area contributed by atoms with Crippen LogP contribution in [0.5, 0.6) is 5.75 Å². The zero-order chi connectivity index (χ0) is 16.2. The van der Waals surface area contributed by atoms with Gasteiger partial charge in [-0.15, -0.1) is 0 Å². The Morgan fingerprint density at radius 3 is 2.41 bits per heavy atom. The molecule has 0 aliphatic carbocycles. The zero-order valence-electron chi connectivity index (χ0n) is 13.0. The van der Waals surface area contributed by atoms with E-state index in [9.17, 15) is 4.79 Å². The second-order valence-corrected chi connectivity index (χ2v) is 5.16. The van der Waals surface area contributed by atoms with Gasteiger partial charge >= 0.3 is 5.97 Å². The summed E-state index contributed by atoms with van der Waals surface area (Å²) in [5.41, 5.74) is 0.395. The van der Waals surface area contributed by atoms with E-state index in [-0.39, 0.29) is 5.57 Å². The highest BCUT2D eigenvalue weighted by Gasteiger charge is 2.05. The number of unbranched alkanes of at least 4 members (excludes halogenated alkanes) is 5. The van der Waals surface area contributed by atoms with Crippen LogP contribution in [-0.4, -0.2) is 17.7 Å². The lowest BCUT2D eigenvalue weighted by molar-refractivity contribution is -0.132. The minimum atomic E-state index is -1.22. The average molecular weight is 301 g/mol. The number of hydrogen-bond donors (Lipinski definition) is 1. The van der Waals surface area contributed by atoms with E-state index in [0.29, 0.717) is 12.2 Å². The molecule has 118 valence electrons. The Labute approximate surface area is 132 Å². The number of benzene rings is 1. The van der Waals surface area contributed by atoms with Crippen molar-refractivity contribution in [3.8, 4) is 11.8 Å². The third-order valence-corrected chi connectivity index (χ3v) is 3.31. The standard InChI is InChI=1S/C18H23NO3/c1-2-3-4-5-6-7-12-22-17-10-8-15(9-11-17)13-16(14-19)18(20)21/h8-11,13H,2-7,12H2,1H3,(H,20,21)/b16-13+. The monoisotopic (exact) mass is 301 g/mol. The summed E-state index contributed by atoms with van der Waals surface area (Å²) in [6.45, 7) is 2.90. The minimum Gasteiger partial charge on any atom is -0.494 e. The Kier molecular flexibility index (Phi) is 8.44. The van der Waals surface area contributed by atoms with Crippen LogP contribution in [-0.2, 0) is 4.79 Å². The van der Waals surface area contributed by atoms with Crippen molar-refractivity contribution >= 4 is 12.0 Å². The largest absolute Gasteiger partial charge is 0.494 e. The van der Waals surface area contributed by atoms with Crippen molar-refractivity contribution in [3.05, 3.63) is 35.4 Å². The molecule has 0 unspecified atom stereocenters. The Morgan fingerprint density at radius 1 is 1.18 bits per heavy atom. The lowest BCUT2D eigenvalue weighted by atomic mass is 10.1. The second-order valence-electron chi connectivity index (χ2n) is 5.16. The van der Waals surface area contributed by atoms with E-state index in [1.807, 2.05) is 0 Å². The summed E-state index contributed by atoms with van der Waals surface area (Å²) in [7, 11) is 0.